The number of aliphatic imine (C=N–C) groups is 1. The Hall–Kier alpha value is -3.69. The van der Waals surface area contributed by atoms with E-state index < -0.39 is 6.04 Å². The van der Waals surface area contributed by atoms with Crippen molar-refractivity contribution in [2.45, 2.75) is 19.4 Å². The maximum Gasteiger partial charge on any atom is 0.227 e. The zero-order chi connectivity index (χ0) is 25.2. The average Bonchev–Trinajstić information content (AvgIpc) is 3.19. The van der Waals surface area contributed by atoms with Crippen LogP contribution in [0.5, 0.6) is 5.75 Å². The molecule has 0 bridgehead atoms. The average molecular weight is 522 g/mol. The van der Waals surface area contributed by atoms with Crippen LogP contribution in [0.1, 0.15) is 35.2 Å². The number of carbonyl (C=O) groups is 1. The summed E-state index contributed by atoms with van der Waals surface area (Å²) in [6.07, 6.45) is 1.85. The molecule has 4 aromatic rings. The summed E-state index contributed by atoms with van der Waals surface area (Å²) < 4.78 is 20.9. The lowest BCUT2D eigenvalue weighted by Crippen LogP contribution is -2.17. The number of hydrogen-bond acceptors (Lipinski definition) is 6. The highest BCUT2D eigenvalue weighted by Crippen LogP contribution is 2.35. The fourth-order valence-corrected chi connectivity index (χ4v) is 4.54. The quantitative estimate of drug-likeness (QED) is 0.317. The van der Waals surface area contributed by atoms with Gasteiger partial charge in [0, 0.05) is 28.1 Å². The molecule has 3 aromatic carbocycles. The first-order chi connectivity index (χ1) is 17.4. The minimum Gasteiger partial charge on any atom is -0.426 e. The number of carbonyl (C=O) groups excluding carboxylic acids is 1. The smallest absolute Gasteiger partial charge is 0.227 e. The summed E-state index contributed by atoms with van der Waals surface area (Å²) in [5, 5.41) is 12.1. The van der Waals surface area contributed by atoms with E-state index in [1.54, 1.807) is 12.1 Å². The van der Waals surface area contributed by atoms with Gasteiger partial charge in [0.1, 0.15) is 23.4 Å². The molecular formula is C26H21ClFN5O2S. The minimum absolute atomic E-state index is 0.00869. The fraction of sp³-hybridized carbons (Fsp3) is 0.154. The van der Waals surface area contributed by atoms with Gasteiger partial charge < -0.3 is 9.50 Å². The van der Waals surface area contributed by atoms with Crippen molar-refractivity contribution in [1.29, 1.82) is 0 Å². The Morgan fingerprint density at radius 2 is 1.86 bits per heavy atom. The van der Waals surface area contributed by atoms with Crippen molar-refractivity contribution in [2.75, 3.05) is 11.6 Å². The fourth-order valence-electron chi connectivity index (χ4n) is 4.12. The Balaban J connectivity index is 1.61. The van der Waals surface area contributed by atoms with E-state index in [1.807, 2.05) is 48.1 Å². The third-order valence-electron chi connectivity index (χ3n) is 5.70. The van der Waals surface area contributed by atoms with Gasteiger partial charge in [-0.3, -0.25) is 14.4 Å². The molecule has 5 rings (SSSR count). The molecular weight excluding hydrogens is 501 g/mol. The lowest BCUT2D eigenvalue weighted by Gasteiger charge is -2.14. The van der Waals surface area contributed by atoms with E-state index in [4.69, 9.17) is 20.8 Å². The third-order valence-corrected chi connectivity index (χ3v) is 6.31. The molecule has 0 saturated heterocycles. The summed E-state index contributed by atoms with van der Waals surface area (Å²) >= 11 is 7.39. The summed E-state index contributed by atoms with van der Waals surface area (Å²) in [7, 11) is 0. The van der Waals surface area contributed by atoms with Crippen LogP contribution in [0.25, 0.3) is 5.69 Å². The number of nitrogens with one attached hydrogen (secondary N) is 1. The van der Waals surface area contributed by atoms with E-state index in [0.29, 0.717) is 33.8 Å². The van der Waals surface area contributed by atoms with E-state index in [-0.39, 0.29) is 18.1 Å². The molecule has 1 amide bonds. The standard InChI is InChI=1S/C26H21ClFN5O2S/c1-15-31-32-26-22(14-24(34)29-19-9-7-18(28)8-10-19)30-25(16-3-5-17(27)6-4-16)21-13-20(35-36-2)11-12-23(21)33(15)26/h3-13,22H,14H2,1-2H3,(H,29,34)/t22-/m0/s1. The zero-order valence-electron chi connectivity index (χ0n) is 19.4. The molecule has 1 aliphatic heterocycles. The van der Waals surface area contributed by atoms with Crippen molar-refractivity contribution in [3.8, 4) is 11.4 Å². The van der Waals surface area contributed by atoms with Gasteiger partial charge in [-0.05, 0) is 61.5 Å². The molecule has 0 unspecified atom stereocenters. The van der Waals surface area contributed by atoms with Crippen LogP contribution < -0.4 is 9.50 Å². The van der Waals surface area contributed by atoms with E-state index in [1.165, 1.54) is 36.3 Å². The van der Waals surface area contributed by atoms with Crippen LogP contribution >= 0.6 is 23.6 Å². The molecule has 0 radical (unpaired) electrons. The first-order valence-corrected chi connectivity index (χ1v) is 12.6. The van der Waals surface area contributed by atoms with Gasteiger partial charge in [-0.1, -0.05) is 23.7 Å². The minimum atomic E-state index is -0.630. The maximum absolute atomic E-state index is 13.3. The van der Waals surface area contributed by atoms with Gasteiger partial charge in [0.15, 0.2) is 5.82 Å². The van der Waals surface area contributed by atoms with Crippen molar-refractivity contribution < 1.29 is 13.4 Å². The van der Waals surface area contributed by atoms with E-state index in [2.05, 4.69) is 15.5 Å². The summed E-state index contributed by atoms with van der Waals surface area (Å²) in [5.41, 5.74) is 3.65. The maximum atomic E-state index is 13.3. The summed E-state index contributed by atoms with van der Waals surface area (Å²) in [5.74, 6) is 1.23. The number of aromatic nitrogens is 3. The molecule has 0 fully saturated rings. The predicted molar refractivity (Wildman–Crippen MR) is 140 cm³/mol. The number of aryl methyl sites for hydroxylation is 1. The highest BCUT2D eigenvalue weighted by atomic mass is 35.5. The van der Waals surface area contributed by atoms with Crippen LogP contribution in [0.2, 0.25) is 5.02 Å². The van der Waals surface area contributed by atoms with Crippen molar-refractivity contribution in [2.24, 2.45) is 4.99 Å². The number of hydrogen-bond donors (Lipinski definition) is 1. The molecule has 1 aliphatic rings. The molecule has 10 heteroatoms. The molecule has 1 atom stereocenters. The molecule has 1 aromatic heterocycles. The Bertz CT molecular complexity index is 1450. The number of halogens is 2. The van der Waals surface area contributed by atoms with Crippen molar-refractivity contribution in [1.82, 2.24) is 14.8 Å². The van der Waals surface area contributed by atoms with Gasteiger partial charge in [0.2, 0.25) is 5.91 Å². The molecule has 0 spiro atoms. The van der Waals surface area contributed by atoms with Gasteiger partial charge in [-0.15, -0.1) is 10.2 Å². The number of anilines is 1. The summed E-state index contributed by atoms with van der Waals surface area (Å²) in [4.78, 5) is 18.1. The molecule has 36 heavy (non-hydrogen) atoms. The van der Waals surface area contributed by atoms with Gasteiger partial charge in [0.25, 0.3) is 0 Å². The van der Waals surface area contributed by atoms with E-state index in [0.717, 1.165) is 16.8 Å². The second-order valence-corrected chi connectivity index (χ2v) is 9.07. The lowest BCUT2D eigenvalue weighted by atomic mass is 10.00. The highest BCUT2D eigenvalue weighted by molar-refractivity contribution is 7.94. The largest absolute Gasteiger partial charge is 0.426 e. The lowest BCUT2D eigenvalue weighted by molar-refractivity contribution is -0.116. The topological polar surface area (TPSA) is 81.4 Å². The second kappa shape index (κ2) is 10.1. The van der Waals surface area contributed by atoms with Gasteiger partial charge in [0.05, 0.1) is 29.9 Å². The van der Waals surface area contributed by atoms with Crippen molar-refractivity contribution in [3.05, 3.63) is 100 Å². The number of nitrogens with zero attached hydrogens (tertiary/aromatic N) is 4. The predicted octanol–water partition coefficient (Wildman–Crippen LogP) is 5.95. The van der Waals surface area contributed by atoms with Gasteiger partial charge in [-0.2, -0.15) is 0 Å². The molecule has 2 heterocycles. The SMILES string of the molecule is CSOc1ccc2c(c1)C(c1ccc(Cl)cc1)=N[C@@H](CC(=O)Nc1ccc(F)cc1)c1nnc(C)n1-2. The van der Waals surface area contributed by atoms with Crippen LogP contribution in [0.3, 0.4) is 0 Å². The zero-order valence-corrected chi connectivity index (χ0v) is 21.0. The number of benzene rings is 3. The number of fused-ring (bicyclic) bond motifs is 3. The molecule has 7 nitrogen and oxygen atoms in total. The van der Waals surface area contributed by atoms with Crippen molar-refractivity contribution in [3.63, 3.8) is 0 Å². The van der Waals surface area contributed by atoms with Gasteiger partial charge in [-0.25, -0.2) is 4.39 Å². The number of amides is 1. The summed E-state index contributed by atoms with van der Waals surface area (Å²) in [6, 6.07) is 18.1. The first-order valence-electron chi connectivity index (χ1n) is 11.1. The van der Waals surface area contributed by atoms with Crippen LogP contribution in [0.4, 0.5) is 10.1 Å². The van der Waals surface area contributed by atoms with E-state index >= 15 is 0 Å². The number of rotatable bonds is 6. The van der Waals surface area contributed by atoms with Crippen LogP contribution in [0, 0.1) is 12.7 Å². The highest BCUT2D eigenvalue weighted by Gasteiger charge is 2.30. The van der Waals surface area contributed by atoms with Crippen molar-refractivity contribution >= 4 is 40.9 Å². The first kappa shape index (κ1) is 24.0. The molecule has 1 N–H and O–H groups in total. The Labute approximate surface area is 216 Å². The van der Waals surface area contributed by atoms with Crippen LogP contribution in [0.15, 0.2) is 71.7 Å². The van der Waals surface area contributed by atoms with Crippen LogP contribution in [-0.4, -0.2) is 32.6 Å². The second-order valence-electron chi connectivity index (χ2n) is 8.13. The van der Waals surface area contributed by atoms with Crippen LogP contribution in [-0.2, 0) is 4.79 Å². The Morgan fingerprint density at radius 1 is 1.11 bits per heavy atom. The normalized spacial score (nSPS) is 14.3. The summed E-state index contributed by atoms with van der Waals surface area (Å²) in [6.45, 7) is 1.86. The molecule has 0 aliphatic carbocycles. The van der Waals surface area contributed by atoms with Gasteiger partial charge >= 0.3 is 0 Å². The Kier molecular flexibility index (Phi) is 6.75. The molecule has 0 saturated carbocycles. The van der Waals surface area contributed by atoms with E-state index in [9.17, 15) is 9.18 Å². The monoisotopic (exact) mass is 521 g/mol. The third kappa shape index (κ3) is 4.84. The molecule has 182 valence electrons. The Morgan fingerprint density at radius 3 is 2.58 bits per heavy atom.